The van der Waals surface area contributed by atoms with Crippen LogP contribution in [0.5, 0.6) is 5.75 Å². The minimum Gasteiger partial charge on any atom is -0.497 e. The summed E-state index contributed by atoms with van der Waals surface area (Å²) in [5.41, 5.74) is 5.61. The molecule has 1 aromatic carbocycles. The quantitative estimate of drug-likeness (QED) is 0.827. The first kappa shape index (κ1) is 17.5. The minimum absolute atomic E-state index is 0. The van der Waals surface area contributed by atoms with Crippen molar-refractivity contribution in [2.24, 2.45) is 11.7 Å². The van der Waals surface area contributed by atoms with Crippen molar-refractivity contribution in [1.29, 1.82) is 0 Å². The monoisotopic (exact) mass is 340 g/mol. The van der Waals surface area contributed by atoms with Gasteiger partial charge in [-0.2, -0.15) is 0 Å². The Kier molecular flexibility index (Phi) is 6.09. The maximum Gasteiger partial charge on any atom is 0.242 e. The molecule has 0 aromatic heterocycles. The topological polar surface area (TPSA) is 81.4 Å². The highest BCUT2D eigenvalue weighted by Crippen LogP contribution is 2.33. The molecule has 114 valence electrons. The van der Waals surface area contributed by atoms with Crippen molar-refractivity contribution < 1.29 is 13.2 Å². The number of benzene rings is 1. The maximum atomic E-state index is 12.3. The Labute approximate surface area is 130 Å². The molecular formula is C12H18Cl2N2O3S. The zero-order valence-electron chi connectivity index (χ0n) is 11.0. The number of halogens is 2. The molecule has 8 heteroatoms. The van der Waals surface area contributed by atoms with E-state index in [0.717, 1.165) is 12.8 Å². The van der Waals surface area contributed by atoms with E-state index in [1.165, 1.54) is 19.2 Å². The fourth-order valence-corrected chi connectivity index (χ4v) is 3.75. The molecule has 1 aromatic rings. The van der Waals surface area contributed by atoms with Gasteiger partial charge >= 0.3 is 0 Å². The van der Waals surface area contributed by atoms with Crippen LogP contribution in [0.1, 0.15) is 12.8 Å². The van der Waals surface area contributed by atoms with Crippen LogP contribution in [0.25, 0.3) is 0 Å². The van der Waals surface area contributed by atoms with Gasteiger partial charge in [-0.15, -0.1) is 12.4 Å². The molecule has 1 fully saturated rings. The van der Waals surface area contributed by atoms with Crippen molar-refractivity contribution in [3.63, 3.8) is 0 Å². The van der Waals surface area contributed by atoms with E-state index in [0.29, 0.717) is 11.7 Å². The highest BCUT2D eigenvalue weighted by molar-refractivity contribution is 7.89. The number of nitrogens with one attached hydrogen (secondary N) is 1. The van der Waals surface area contributed by atoms with Gasteiger partial charge in [0.05, 0.1) is 12.1 Å². The summed E-state index contributed by atoms with van der Waals surface area (Å²) in [6.45, 7) is 0.283. The number of hydrogen-bond donors (Lipinski definition) is 2. The smallest absolute Gasteiger partial charge is 0.242 e. The van der Waals surface area contributed by atoms with Gasteiger partial charge in [-0.25, -0.2) is 13.1 Å². The highest BCUT2D eigenvalue weighted by Gasteiger charge is 2.34. The van der Waals surface area contributed by atoms with Crippen LogP contribution >= 0.6 is 24.0 Å². The fraction of sp³-hybridized carbons (Fsp3) is 0.500. The first-order valence-corrected chi connectivity index (χ1v) is 7.90. The predicted octanol–water partition coefficient (Wildman–Crippen LogP) is 1.79. The van der Waals surface area contributed by atoms with Crippen molar-refractivity contribution in [3.8, 4) is 5.75 Å². The molecule has 2 rings (SSSR count). The molecular weight excluding hydrogens is 323 g/mol. The molecule has 5 nitrogen and oxygen atoms in total. The molecule has 0 bridgehead atoms. The van der Waals surface area contributed by atoms with Gasteiger partial charge in [-0.05, 0) is 30.9 Å². The normalized spacial score (nSPS) is 16.4. The van der Waals surface area contributed by atoms with Crippen LogP contribution in [0.3, 0.4) is 0 Å². The van der Waals surface area contributed by atoms with Crippen LogP contribution in [0.4, 0.5) is 0 Å². The second-order valence-corrected chi connectivity index (χ2v) is 6.69. The van der Waals surface area contributed by atoms with E-state index < -0.39 is 10.0 Å². The molecule has 1 aliphatic rings. The number of hydrogen-bond acceptors (Lipinski definition) is 4. The zero-order chi connectivity index (χ0) is 14.0. The lowest BCUT2D eigenvalue weighted by Gasteiger charge is -2.17. The van der Waals surface area contributed by atoms with Crippen LogP contribution in [0, 0.1) is 5.92 Å². The third-order valence-electron chi connectivity index (χ3n) is 3.18. The summed E-state index contributed by atoms with van der Waals surface area (Å²) in [5, 5.41) is 0.167. The second kappa shape index (κ2) is 6.95. The van der Waals surface area contributed by atoms with Crippen LogP contribution in [-0.4, -0.2) is 28.1 Å². The summed E-state index contributed by atoms with van der Waals surface area (Å²) in [5.74, 6) is 0.782. The average Bonchev–Trinajstić information content (AvgIpc) is 3.20. The largest absolute Gasteiger partial charge is 0.497 e. The first-order valence-electron chi connectivity index (χ1n) is 6.04. The molecule has 1 unspecified atom stereocenters. The molecule has 0 heterocycles. The molecule has 20 heavy (non-hydrogen) atoms. The number of sulfonamides is 1. The highest BCUT2D eigenvalue weighted by atomic mass is 35.5. The summed E-state index contributed by atoms with van der Waals surface area (Å²) in [6.07, 6.45) is 2.02. The number of ether oxygens (including phenoxy) is 1. The Hall–Kier alpha value is -0.530. The number of methoxy groups -OCH3 is 1. The van der Waals surface area contributed by atoms with Gasteiger partial charge in [0.2, 0.25) is 10.0 Å². The Morgan fingerprint density at radius 3 is 2.65 bits per heavy atom. The summed E-state index contributed by atoms with van der Waals surface area (Å²) < 4.78 is 32.3. The third-order valence-corrected chi connectivity index (χ3v) is 5.15. The van der Waals surface area contributed by atoms with E-state index in [9.17, 15) is 8.42 Å². The van der Waals surface area contributed by atoms with Crippen LogP contribution in [0.2, 0.25) is 5.02 Å². The van der Waals surface area contributed by atoms with Crippen molar-refractivity contribution in [2.75, 3.05) is 13.7 Å². The lowest BCUT2D eigenvalue weighted by molar-refractivity contribution is 0.413. The molecule has 1 aliphatic carbocycles. The molecule has 1 saturated carbocycles. The average molecular weight is 341 g/mol. The maximum absolute atomic E-state index is 12.3. The molecule has 0 saturated heterocycles. The number of nitrogens with two attached hydrogens (primary N) is 1. The van der Waals surface area contributed by atoms with E-state index in [1.807, 2.05) is 0 Å². The Bertz CT molecular complexity index is 562. The van der Waals surface area contributed by atoms with Gasteiger partial charge in [0.15, 0.2) is 0 Å². The SMILES string of the molecule is COc1ccc(Cl)c(S(=O)(=O)NC(CN)C2CC2)c1.Cl. The van der Waals surface area contributed by atoms with E-state index in [2.05, 4.69) is 4.72 Å². The Balaban J connectivity index is 0.00000200. The van der Waals surface area contributed by atoms with Crippen molar-refractivity contribution in [2.45, 2.75) is 23.8 Å². The predicted molar refractivity (Wildman–Crippen MR) is 81.1 cm³/mol. The van der Waals surface area contributed by atoms with Crippen LogP contribution in [-0.2, 0) is 10.0 Å². The summed E-state index contributed by atoms with van der Waals surface area (Å²) in [7, 11) is -2.21. The minimum atomic E-state index is -3.68. The van der Waals surface area contributed by atoms with Crippen molar-refractivity contribution in [1.82, 2.24) is 4.72 Å². The van der Waals surface area contributed by atoms with Crippen LogP contribution < -0.4 is 15.2 Å². The van der Waals surface area contributed by atoms with Gasteiger partial charge in [-0.3, -0.25) is 0 Å². The molecule has 0 radical (unpaired) electrons. The van der Waals surface area contributed by atoms with Crippen molar-refractivity contribution >= 4 is 34.0 Å². The third kappa shape index (κ3) is 3.99. The molecule has 1 atom stereocenters. The molecule has 3 N–H and O–H groups in total. The molecule has 0 spiro atoms. The number of rotatable bonds is 6. The molecule has 0 aliphatic heterocycles. The summed E-state index contributed by atoms with van der Waals surface area (Å²) >= 11 is 5.95. The van der Waals surface area contributed by atoms with Crippen LogP contribution in [0.15, 0.2) is 23.1 Å². The lowest BCUT2D eigenvalue weighted by Crippen LogP contribution is -2.41. The van der Waals surface area contributed by atoms with Gasteiger partial charge in [-0.1, -0.05) is 11.6 Å². The van der Waals surface area contributed by atoms with E-state index in [-0.39, 0.29) is 34.9 Å². The van der Waals surface area contributed by atoms with Gasteiger partial charge in [0, 0.05) is 18.7 Å². The standard InChI is InChI=1S/C12H17ClN2O3S.ClH/c1-18-9-4-5-10(13)12(6-9)19(16,17)15-11(7-14)8-2-3-8;/h4-6,8,11,15H,2-3,7,14H2,1H3;1H. The Morgan fingerprint density at radius 1 is 1.50 bits per heavy atom. The molecule has 0 amide bonds. The van der Waals surface area contributed by atoms with Crippen molar-refractivity contribution in [3.05, 3.63) is 23.2 Å². The lowest BCUT2D eigenvalue weighted by atomic mass is 10.2. The van der Waals surface area contributed by atoms with E-state index in [4.69, 9.17) is 22.1 Å². The first-order chi connectivity index (χ1) is 8.97. The van der Waals surface area contributed by atoms with Gasteiger partial charge in [0.25, 0.3) is 0 Å². The second-order valence-electron chi connectivity index (χ2n) is 4.60. The van der Waals surface area contributed by atoms with E-state index >= 15 is 0 Å². The van der Waals surface area contributed by atoms with Gasteiger partial charge < -0.3 is 10.5 Å². The van der Waals surface area contributed by atoms with Gasteiger partial charge in [0.1, 0.15) is 10.6 Å². The zero-order valence-corrected chi connectivity index (χ0v) is 13.4. The summed E-state index contributed by atoms with van der Waals surface area (Å²) in [6, 6.07) is 4.30. The fourth-order valence-electron chi connectivity index (χ4n) is 1.91. The van der Waals surface area contributed by atoms with E-state index in [1.54, 1.807) is 6.07 Å². The summed E-state index contributed by atoms with van der Waals surface area (Å²) in [4.78, 5) is 0.0209. The Morgan fingerprint density at radius 2 is 2.15 bits per heavy atom.